The third kappa shape index (κ3) is 4.27. The molecular weight excluding hydrogens is 434 g/mol. The first kappa shape index (κ1) is 22.8. The number of hydrogen-bond donors (Lipinski definition) is 2. The minimum atomic E-state index is -0.340. The Labute approximate surface area is 196 Å². The number of methoxy groups -OCH3 is 2. The predicted molar refractivity (Wildman–Crippen MR) is 130 cm³/mol. The number of amides is 2. The molecule has 0 aliphatic carbocycles. The van der Waals surface area contributed by atoms with Crippen molar-refractivity contribution >= 4 is 34.2 Å². The highest BCUT2D eigenvalue weighted by atomic mass is 16.5. The van der Waals surface area contributed by atoms with Crippen molar-refractivity contribution in [3.8, 4) is 11.5 Å². The fraction of sp³-hybridized carbons (Fsp3) is 0.200. The van der Waals surface area contributed by atoms with Crippen molar-refractivity contribution in [3.05, 3.63) is 71.0 Å². The van der Waals surface area contributed by atoms with Crippen molar-refractivity contribution in [1.82, 2.24) is 14.8 Å². The van der Waals surface area contributed by atoms with Crippen molar-refractivity contribution in [2.24, 2.45) is 7.05 Å². The second-order valence-electron chi connectivity index (χ2n) is 7.75. The summed E-state index contributed by atoms with van der Waals surface area (Å²) >= 11 is 0. The molecule has 0 bridgehead atoms. The summed E-state index contributed by atoms with van der Waals surface area (Å²) in [5.74, 6) is 0.101. The Morgan fingerprint density at radius 3 is 2.06 bits per heavy atom. The van der Waals surface area contributed by atoms with Crippen LogP contribution >= 0.6 is 0 Å². The maximum atomic E-state index is 13.3. The van der Waals surface area contributed by atoms with E-state index in [1.165, 1.54) is 14.2 Å². The van der Waals surface area contributed by atoms with Crippen molar-refractivity contribution < 1.29 is 19.1 Å². The van der Waals surface area contributed by atoms with Crippen LogP contribution in [0.2, 0.25) is 0 Å². The van der Waals surface area contributed by atoms with Crippen LogP contribution in [0.5, 0.6) is 11.5 Å². The maximum Gasteiger partial charge on any atom is 0.256 e. The standard InChI is InChI=1S/C25H25N5O4/c1-14-11-17(22-15(2)29-30(3)23(22)26-14)25(32)28-19-13-20(33-4)18(12-21(19)34-5)27-24(31)16-9-7-6-8-10-16/h6-13H,1-5H3,(H,27,31)(H,28,32). The van der Waals surface area contributed by atoms with E-state index in [1.807, 2.05) is 19.9 Å². The lowest BCUT2D eigenvalue weighted by Gasteiger charge is -2.16. The number of carbonyl (C=O) groups is 2. The molecule has 0 spiro atoms. The summed E-state index contributed by atoms with van der Waals surface area (Å²) in [4.78, 5) is 30.5. The Kier molecular flexibility index (Phi) is 6.18. The Balaban J connectivity index is 1.68. The number of ether oxygens (including phenoxy) is 2. The fourth-order valence-electron chi connectivity index (χ4n) is 3.82. The number of fused-ring (bicyclic) bond motifs is 1. The Hall–Kier alpha value is -4.40. The number of aryl methyl sites for hydroxylation is 3. The second-order valence-corrected chi connectivity index (χ2v) is 7.75. The number of nitrogens with zero attached hydrogens (tertiary/aromatic N) is 3. The molecule has 4 rings (SSSR count). The average Bonchev–Trinajstić information content (AvgIpc) is 3.12. The van der Waals surface area contributed by atoms with Crippen LogP contribution in [0.1, 0.15) is 32.1 Å². The molecule has 9 heteroatoms. The first-order valence-corrected chi connectivity index (χ1v) is 10.6. The highest BCUT2D eigenvalue weighted by Gasteiger charge is 2.21. The number of aromatic nitrogens is 3. The Morgan fingerprint density at radius 2 is 1.47 bits per heavy atom. The first-order chi connectivity index (χ1) is 16.3. The van der Waals surface area contributed by atoms with E-state index in [4.69, 9.17) is 9.47 Å². The third-order valence-corrected chi connectivity index (χ3v) is 5.40. The van der Waals surface area contributed by atoms with Crippen LogP contribution < -0.4 is 20.1 Å². The molecule has 0 fully saturated rings. The van der Waals surface area contributed by atoms with Gasteiger partial charge < -0.3 is 20.1 Å². The smallest absolute Gasteiger partial charge is 0.256 e. The molecule has 0 radical (unpaired) electrons. The summed E-state index contributed by atoms with van der Waals surface area (Å²) in [5, 5.41) is 10.8. The molecule has 0 unspecified atom stereocenters. The fourth-order valence-corrected chi connectivity index (χ4v) is 3.82. The quantitative estimate of drug-likeness (QED) is 0.449. The summed E-state index contributed by atoms with van der Waals surface area (Å²) in [6, 6.07) is 13.8. The number of pyridine rings is 1. The maximum absolute atomic E-state index is 13.3. The molecular formula is C25H25N5O4. The van der Waals surface area contributed by atoms with Crippen LogP contribution in [0.25, 0.3) is 11.0 Å². The van der Waals surface area contributed by atoms with E-state index in [-0.39, 0.29) is 11.8 Å². The number of hydrogen-bond acceptors (Lipinski definition) is 6. The summed E-state index contributed by atoms with van der Waals surface area (Å²) in [7, 11) is 4.76. The van der Waals surface area contributed by atoms with Crippen LogP contribution in [0, 0.1) is 13.8 Å². The van der Waals surface area contributed by atoms with Gasteiger partial charge in [-0.15, -0.1) is 0 Å². The highest BCUT2D eigenvalue weighted by molar-refractivity contribution is 6.13. The molecule has 0 saturated carbocycles. The lowest BCUT2D eigenvalue weighted by Crippen LogP contribution is -2.16. The molecule has 0 saturated heterocycles. The van der Waals surface area contributed by atoms with Gasteiger partial charge in [-0.1, -0.05) is 18.2 Å². The molecule has 2 amide bonds. The monoisotopic (exact) mass is 459 g/mol. The van der Waals surface area contributed by atoms with Crippen LogP contribution in [0.15, 0.2) is 48.5 Å². The second kappa shape index (κ2) is 9.22. The molecule has 34 heavy (non-hydrogen) atoms. The third-order valence-electron chi connectivity index (χ3n) is 5.40. The zero-order valence-corrected chi connectivity index (χ0v) is 19.6. The Bertz CT molecular complexity index is 1400. The van der Waals surface area contributed by atoms with Gasteiger partial charge in [-0.25, -0.2) is 4.98 Å². The number of anilines is 2. The molecule has 0 atom stereocenters. The predicted octanol–water partition coefficient (Wildman–Crippen LogP) is 4.11. The van der Waals surface area contributed by atoms with Gasteiger partial charge in [-0.2, -0.15) is 5.10 Å². The van der Waals surface area contributed by atoms with Crippen LogP contribution in [-0.2, 0) is 7.05 Å². The molecule has 4 aromatic rings. The average molecular weight is 460 g/mol. The van der Waals surface area contributed by atoms with Gasteiger partial charge in [0.2, 0.25) is 0 Å². The van der Waals surface area contributed by atoms with E-state index in [0.29, 0.717) is 56.4 Å². The van der Waals surface area contributed by atoms with Gasteiger partial charge in [-0.3, -0.25) is 14.3 Å². The lowest BCUT2D eigenvalue weighted by atomic mass is 10.1. The normalized spacial score (nSPS) is 10.7. The molecule has 2 aromatic heterocycles. The zero-order chi connectivity index (χ0) is 24.4. The van der Waals surface area contributed by atoms with Gasteiger partial charge >= 0.3 is 0 Å². The van der Waals surface area contributed by atoms with E-state index in [0.717, 1.165) is 0 Å². The molecule has 0 aliphatic rings. The molecule has 2 aromatic carbocycles. The van der Waals surface area contributed by atoms with Crippen molar-refractivity contribution in [2.75, 3.05) is 24.9 Å². The molecule has 9 nitrogen and oxygen atoms in total. The van der Waals surface area contributed by atoms with Crippen molar-refractivity contribution in [1.29, 1.82) is 0 Å². The minimum Gasteiger partial charge on any atom is -0.494 e. The van der Waals surface area contributed by atoms with Crippen LogP contribution in [0.3, 0.4) is 0 Å². The van der Waals surface area contributed by atoms with E-state index in [1.54, 1.807) is 54.2 Å². The number of nitrogens with one attached hydrogen (secondary N) is 2. The van der Waals surface area contributed by atoms with Gasteiger partial charge in [0, 0.05) is 30.4 Å². The van der Waals surface area contributed by atoms with E-state index < -0.39 is 0 Å². The number of rotatable bonds is 6. The summed E-state index contributed by atoms with van der Waals surface area (Å²) in [5.41, 5.74) is 3.80. The van der Waals surface area contributed by atoms with Gasteiger partial charge in [0.1, 0.15) is 11.5 Å². The topological polar surface area (TPSA) is 107 Å². The molecule has 2 heterocycles. The van der Waals surface area contributed by atoms with Crippen LogP contribution in [0.4, 0.5) is 11.4 Å². The molecule has 174 valence electrons. The van der Waals surface area contributed by atoms with E-state index >= 15 is 0 Å². The van der Waals surface area contributed by atoms with Crippen molar-refractivity contribution in [3.63, 3.8) is 0 Å². The summed E-state index contributed by atoms with van der Waals surface area (Å²) in [6.07, 6.45) is 0. The van der Waals surface area contributed by atoms with E-state index in [9.17, 15) is 9.59 Å². The minimum absolute atomic E-state index is 0.292. The van der Waals surface area contributed by atoms with Gasteiger partial charge in [0.05, 0.1) is 42.2 Å². The lowest BCUT2D eigenvalue weighted by molar-refractivity contribution is 0.101. The molecule has 0 aliphatic heterocycles. The number of benzene rings is 2. The summed E-state index contributed by atoms with van der Waals surface area (Å²) in [6.45, 7) is 3.66. The van der Waals surface area contributed by atoms with E-state index in [2.05, 4.69) is 20.7 Å². The van der Waals surface area contributed by atoms with Crippen LogP contribution in [-0.4, -0.2) is 40.8 Å². The summed E-state index contributed by atoms with van der Waals surface area (Å²) < 4.78 is 12.6. The Morgan fingerprint density at radius 1 is 0.882 bits per heavy atom. The molecule has 2 N–H and O–H groups in total. The van der Waals surface area contributed by atoms with Gasteiger partial charge in [0.25, 0.3) is 11.8 Å². The van der Waals surface area contributed by atoms with Gasteiger partial charge in [0.15, 0.2) is 5.65 Å². The number of carbonyl (C=O) groups excluding carboxylic acids is 2. The SMILES string of the molecule is COc1cc(NC(=O)c2cc(C)nc3c2c(C)nn3C)c(OC)cc1NC(=O)c1ccccc1. The van der Waals surface area contributed by atoms with Gasteiger partial charge in [-0.05, 0) is 32.0 Å². The van der Waals surface area contributed by atoms with Crippen molar-refractivity contribution in [2.45, 2.75) is 13.8 Å². The first-order valence-electron chi connectivity index (χ1n) is 10.6. The zero-order valence-electron chi connectivity index (χ0n) is 19.6. The largest absolute Gasteiger partial charge is 0.494 e. The highest BCUT2D eigenvalue weighted by Crippen LogP contribution is 2.37.